The van der Waals surface area contributed by atoms with Crippen LogP contribution in [0.3, 0.4) is 0 Å². The van der Waals surface area contributed by atoms with Crippen molar-refractivity contribution in [1.82, 2.24) is 0 Å². The quantitative estimate of drug-likeness (QED) is 0.187. The second-order valence-electron chi connectivity index (χ2n) is 12.6. The molecular weight excluding hydrogens is 583 g/mol. The van der Waals surface area contributed by atoms with Crippen LogP contribution < -0.4 is 9.64 Å². The third kappa shape index (κ3) is 5.46. The molecule has 0 saturated carbocycles. The maximum Gasteiger partial charge on any atom is 0.143 e. The standard InChI is InChI=1S/C46H37NO/c1-32-28-29-41-43(47(38-22-10-5-11-23-38)42-26-13-12-24-39(42)35-18-8-4-9-19-35)30-33(2)45-40(25-15-27-44(45)48-46(32)41)37-21-14-20-36(31-37)34-16-6-3-7-17-34/h3-6,8-16,18-31,33H,1,7,17H2,2H3/b43-30+. The van der Waals surface area contributed by atoms with Crippen molar-refractivity contribution in [3.05, 3.63) is 204 Å². The van der Waals surface area contributed by atoms with Gasteiger partial charge < -0.3 is 9.64 Å². The molecule has 1 unspecified atom stereocenters. The average molecular weight is 620 g/mol. The zero-order valence-electron chi connectivity index (χ0n) is 27.1. The molecule has 232 valence electrons. The van der Waals surface area contributed by atoms with Gasteiger partial charge in [-0.25, -0.2) is 0 Å². The Balaban J connectivity index is 1.34. The van der Waals surface area contributed by atoms with E-state index in [1.165, 1.54) is 33.4 Å². The molecule has 1 atom stereocenters. The van der Waals surface area contributed by atoms with Gasteiger partial charge in [-0.05, 0) is 77.1 Å². The van der Waals surface area contributed by atoms with Crippen LogP contribution in [0.2, 0.25) is 0 Å². The predicted octanol–water partition coefficient (Wildman–Crippen LogP) is 12.4. The first-order chi connectivity index (χ1) is 23.7. The maximum atomic E-state index is 6.95. The predicted molar refractivity (Wildman–Crippen MR) is 201 cm³/mol. The number of allylic oxidation sites excluding steroid dienone is 7. The fourth-order valence-electron chi connectivity index (χ4n) is 7.14. The van der Waals surface area contributed by atoms with E-state index in [-0.39, 0.29) is 5.92 Å². The number of benzene rings is 5. The van der Waals surface area contributed by atoms with Crippen molar-refractivity contribution in [2.24, 2.45) is 0 Å². The first-order valence-electron chi connectivity index (χ1n) is 16.8. The molecule has 48 heavy (non-hydrogen) atoms. The van der Waals surface area contributed by atoms with Gasteiger partial charge in [-0.1, -0.05) is 141 Å². The molecule has 1 aliphatic heterocycles. The van der Waals surface area contributed by atoms with Crippen molar-refractivity contribution >= 4 is 16.9 Å². The van der Waals surface area contributed by atoms with Gasteiger partial charge in [0.25, 0.3) is 0 Å². The highest BCUT2D eigenvalue weighted by molar-refractivity contribution is 5.87. The van der Waals surface area contributed by atoms with Crippen LogP contribution in [0.1, 0.15) is 36.8 Å². The largest absolute Gasteiger partial charge is 0.456 e. The van der Waals surface area contributed by atoms with Crippen LogP contribution in [0, 0.1) is 0 Å². The Morgan fingerprint density at radius 1 is 0.708 bits per heavy atom. The molecule has 0 aromatic heterocycles. The Kier molecular flexibility index (Phi) is 7.84. The Labute approximate surface area is 283 Å². The fourth-order valence-corrected chi connectivity index (χ4v) is 7.14. The lowest BCUT2D eigenvalue weighted by Gasteiger charge is -2.33. The second kappa shape index (κ2) is 12.7. The number of anilines is 2. The zero-order valence-corrected chi connectivity index (χ0v) is 27.1. The number of ether oxygens (including phenoxy) is 1. The number of rotatable bonds is 6. The molecule has 2 nitrogen and oxygen atoms in total. The van der Waals surface area contributed by atoms with Gasteiger partial charge in [-0.2, -0.15) is 0 Å². The van der Waals surface area contributed by atoms with E-state index in [0.29, 0.717) is 0 Å². The van der Waals surface area contributed by atoms with E-state index >= 15 is 0 Å². The molecule has 5 aromatic rings. The van der Waals surface area contributed by atoms with Crippen molar-refractivity contribution in [3.8, 4) is 28.0 Å². The normalized spacial score (nSPS) is 17.8. The zero-order chi connectivity index (χ0) is 32.5. The van der Waals surface area contributed by atoms with E-state index in [9.17, 15) is 0 Å². The lowest BCUT2D eigenvalue weighted by atomic mass is 9.87. The molecule has 0 radical (unpaired) electrons. The van der Waals surface area contributed by atoms with Crippen LogP contribution in [0.15, 0.2) is 193 Å². The summed E-state index contributed by atoms with van der Waals surface area (Å²) in [7, 11) is 0. The summed E-state index contributed by atoms with van der Waals surface area (Å²) >= 11 is 0. The molecule has 3 aliphatic rings. The van der Waals surface area contributed by atoms with E-state index < -0.39 is 0 Å². The van der Waals surface area contributed by atoms with Gasteiger partial charge in [0.15, 0.2) is 0 Å². The van der Waals surface area contributed by atoms with Gasteiger partial charge in [0.1, 0.15) is 11.5 Å². The van der Waals surface area contributed by atoms with Crippen LogP contribution in [0.4, 0.5) is 11.4 Å². The second-order valence-corrected chi connectivity index (χ2v) is 12.6. The molecule has 0 spiro atoms. The minimum atomic E-state index is 0.0260. The number of fused-ring (bicyclic) bond motifs is 1. The van der Waals surface area contributed by atoms with Crippen molar-refractivity contribution in [2.75, 3.05) is 4.90 Å². The molecular formula is C46H37NO. The van der Waals surface area contributed by atoms with Crippen LogP contribution in [-0.4, -0.2) is 0 Å². The molecule has 0 fully saturated rings. The molecule has 2 aliphatic carbocycles. The minimum Gasteiger partial charge on any atom is -0.456 e. The monoisotopic (exact) mass is 619 g/mol. The molecule has 0 N–H and O–H groups in total. The maximum absolute atomic E-state index is 6.95. The van der Waals surface area contributed by atoms with Crippen molar-refractivity contribution in [2.45, 2.75) is 25.7 Å². The Morgan fingerprint density at radius 2 is 1.42 bits per heavy atom. The molecule has 1 heterocycles. The highest BCUT2D eigenvalue weighted by atomic mass is 16.5. The summed E-state index contributed by atoms with van der Waals surface area (Å²) in [6, 6.07) is 45.3. The molecule has 0 bridgehead atoms. The number of para-hydroxylation sites is 2. The Morgan fingerprint density at radius 3 is 2.23 bits per heavy atom. The molecule has 0 saturated heterocycles. The lowest BCUT2D eigenvalue weighted by molar-refractivity contribution is 0.429. The SMILES string of the molecule is C=C1C=CC2=C1Oc1cccc(-c3cccc(C4=CC=CCC4)c3)c1C(C)/C=C\2N(c1ccccc1)c1ccccc1-c1ccccc1. The van der Waals surface area contributed by atoms with E-state index in [0.717, 1.165) is 58.1 Å². The van der Waals surface area contributed by atoms with Crippen molar-refractivity contribution in [1.29, 1.82) is 0 Å². The van der Waals surface area contributed by atoms with Gasteiger partial charge in [0.05, 0.1) is 11.4 Å². The third-order valence-corrected chi connectivity index (χ3v) is 9.45. The van der Waals surface area contributed by atoms with E-state index in [1.807, 2.05) is 0 Å². The summed E-state index contributed by atoms with van der Waals surface area (Å²) in [5.74, 6) is 1.68. The molecule has 0 amide bonds. The van der Waals surface area contributed by atoms with Gasteiger partial charge in [-0.15, -0.1) is 0 Å². The van der Waals surface area contributed by atoms with Crippen LogP contribution in [0.25, 0.3) is 27.8 Å². The smallest absolute Gasteiger partial charge is 0.143 e. The number of hydrogen-bond donors (Lipinski definition) is 0. The van der Waals surface area contributed by atoms with Crippen LogP contribution in [0.5, 0.6) is 5.75 Å². The van der Waals surface area contributed by atoms with Crippen molar-refractivity contribution in [3.63, 3.8) is 0 Å². The van der Waals surface area contributed by atoms with Crippen molar-refractivity contribution < 1.29 is 4.74 Å². The summed E-state index contributed by atoms with van der Waals surface area (Å²) in [5, 5.41) is 0. The summed E-state index contributed by atoms with van der Waals surface area (Å²) < 4.78 is 6.95. The molecule has 8 rings (SSSR count). The minimum absolute atomic E-state index is 0.0260. The van der Waals surface area contributed by atoms with Crippen LogP contribution in [-0.2, 0) is 0 Å². The van der Waals surface area contributed by atoms with E-state index in [1.54, 1.807) is 0 Å². The Hall–Kier alpha value is -5.86. The first kappa shape index (κ1) is 29.5. The lowest BCUT2D eigenvalue weighted by Crippen LogP contribution is -2.21. The topological polar surface area (TPSA) is 12.5 Å². The third-order valence-electron chi connectivity index (χ3n) is 9.45. The van der Waals surface area contributed by atoms with Gasteiger partial charge in [0, 0.05) is 33.9 Å². The average Bonchev–Trinajstić information content (AvgIpc) is 3.50. The van der Waals surface area contributed by atoms with E-state index in [2.05, 4.69) is 182 Å². The summed E-state index contributed by atoms with van der Waals surface area (Å²) in [6.45, 7) is 6.71. The van der Waals surface area contributed by atoms with Crippen LogP contribution >= 0.6 is 0 Å². The summed E-state index contributed by atoms with van der Waals surface area (Å²) in [6.07, 6.45) is 15.4. The fraction of sp³-hybridized carbons (Fsp3) is 0.0870. The summed E-state index contributed by atoms with van der Waals surface area (Å²) in [4.78, 5) is 2.39. The highest BCUT2D eigenvalue weighted by Gasteiger charge is 2.30. The van der Waals surface area contributed by atoms with Gasteiger partial charge in [0.2, 0.25) is 0 Å². The van der Waals surface area contributed by atoms with Gasteiger partial charge >= 0.3 is 0 Å². The van der Waals surface area contributed by atoms with E-state index in [4.69, 9.17) is 4.74 Å². The number of nitrogens with zero attached hydrogens (tertiary/aromatic N) is 1. The highest BCUT2D eigenvalue weighted by Crippen LogP contribution is 2.47. The molecule has 5 aromatic carbocycles. The Bertz CT molecular complexity index is 2180. The summed E-state index contributed by atoms with van der Waals surface area (Å²) in [5.41, 5.74) is 13.7. The molecule has 2 heteroatoms. The van der Waals surface area contributed by atoms with Gasteiger partial charge in [-0.3, -0.25) is 0 Å². The number of hydrogen-bond acceptors (Lipinski definition) is 2. The first-order valence-corrected chi connectivity index (χ1v) is 16.8.